The number of hydrogen-bond acceptors (Lipinski definition) is 2. The van der Waals surface area contributed by atoms with E-state index in [2.05, 4.69) is 26.1 Å². The molecule has 0 heterocycles. The van der Waals surface area contributed by atoms with Gasteiger partial charge in [-0.1, -0.05) is 20.8 Å². The minimum absolute atomic E-state index is 0.584. The molecule has 0 fully saturated rings. The molecule has 0 amide bonds. The quantitative estimate of drug-likeness (QED) is 0.612. The Bertz CT molecular complexity index is 137. The molecule has 0 rings (SSSR count). The van der Waals surface area contributed by atoms with E-state index in [1.807, 2.05) is 0 Å². The second-order valence-electron chi connectivity index (χ2n) is 3.74. The van der Waals surface area contributed by atoms with Crippen molar-refractivity contribution in [2.24, 2.45) is 5.92 Å². The fourth-order valence-electron chi connectivity index (χ4n) is 1.00. The average Bonchev–Trinajstić information content (AvgIpc) is 2.09. The van der Waals surface area contributed by atoms with Crippen LogP contribution in [0, 0.1) is 5.92 Å². The minimum Gasteiger partial charge on any atom is -0.317 e. The first-order valence-corrected chi connectivity index (χ1v) is 6.71. The molecular formula is C10H23NOS. The third-order valence-corrected chi connectivity index (χ3v) is 3.33. The van der Waals surface area contributed by atoms with Crippen LogP contribution in [0.1, 0.15) is 33.6 Å². The maximum absolute atomic E-state index is 11.4. The van der Waals surface area contributed by atoms with E-state index in [0.717, 1.165) is 37.4 Å². The minimum atomic E-state index is -0.584. The maximum atomic E-state index is 11.4. The lowest BCUT2D eigenvalue weighted by molar-refractivity contribution is 0.617. The van der Waals surface area contributed by atoms with E-state index in [1.54, 1.807) is 0 Å². The van der Waals surface area contributed by atoms with Gasteiger partial charge in [0.2, 0.25) is 0 Å². The molecule has 0 aliphatic rings. The summed E-state index contributed by atoms with van der Waals surface area (Å²) >= 11 is 0. The topological polar surface area (TPSA) is 29.1 Å². The molecule has 0 saturated heterocycles. The standard InChI is InChI=1S/C10H23NOS/c1-4-11-7-5-8-13(12)9-6-10(2)3/h10-11H,4-9H2,1-3H3. The van der Waals surface area contributed by atoms with E-state index >= 15 is 0 Å². The molecule has 0 saturated carbocycles. The Balaban J connectivity index is 3.20. The van der Waals surface area contributed by atoms with Gasteiger partial charge in [-0.05, 0) is 31.8 Å². The Morgan fingerprint density at radius 1 is 1.31 bits per heavy atom. The van der Waals surface area contributed by atoms with Gasteiger partial charge in [-0.15, -0.1) is 0 Å². The zero-order valence-electron chi connectivity index (χ0n) is 9.14. The molecule has 80 valence electrons. The molecule has 0 aromatic heterocycles. The first-order valence-electron chi connectivity index (χ1n) is 5.22. The van der Waals surface area contributed by atoms with Crippen molar-refractivity contribution in [1.29, 1.82) is 0 Å². The van der Waals surface area contributed by atoms with Crippen LogP contribution in [0.15, 0.2) is 0 Å². The Morgan fingerprint density at radius 3 is 2.54 bits per heavy atom. The third kappa shape index (κ3) is 10.0. The van der Waals surface area contributed by atoms with Crippen LogP contribution < -0.4 is 5.32 Å². The van der Waals surface area contributed by atoms with Gasteiger partial charge >= 0.3 is 0 Å². The van der Waals surface area contributed by atoms with Crippen molar-refractivity contribution >= 4 is 10.8 Å². The summed E-state index contributed by atoms with van der Waals surface area (Å²) in [6.45, 7) is 8.46. The van der Waals surface area contributed by atoms with Gasteiger partial charge in [-0.25, -0.2) is 0 Å². The molecule has 1 N–H and O–H groups in total. The lowest BCUT2D eigenvalue weighted by atomic mass is 10.2. The Hall–Kier alpha value is 0.110. The zero-order chi connectivity index (χ0) is 10.1. The highest BCUT2D eigenvalue weighted by molar-refractivity contribution is 7.84. The van der Waals surface area contributed by atoms with E-state index in [0.29, 0.717) is 5.92 Å². The lowest BCUT2D eigenvalue weighted by Crippen LogP contribution is -2.17. The smallest absolute Gasteiger partial charge is 0.0246 e. The molecule has 0 bridgehead atoms. The molecule has 1 unspecified atom stereocenters. The number of rotatable bonds is 8. The van der Waals surface area contributed by atoms with Crippen LogP contribution in [0.2, 0.25) is 0 Å². The highest BCUT2D eigenvalue weighted by Gasteiger charge is 2.01. The summed E-state index contributed by atoms with van der Waals surface area (Å²) in [4.78, 5) is 0. The van der Waals surface area contributed by atoms with Crippen molar-refractivity contribution in [1.82, 2.24) is 5.32 Å². The molecular weight excluding hydrogens is 182 g/mol. The van der Waals surface area contributed by atoms with Crippen LogP contribution in [0.25, 0.3) is 0 Å². The summed E-state index contributed by atoms with van der Waals surface area (Å²) < 4.78 is 11.4. The molecule has 1 atom stereocenters. The molecule has 0 aromatic carbocycles. The van der Waals surface area contributed by atoms with Gasteiger partial charge in [0.25, 0.3) is 0 Å². The predicted octanol–water partition coefficient (Wildman–Crippen LogP) is 1.78. The fourth-order valence-corrected chi connectivity index (χ4v) is 2.41. The second kappa shape index (κ2) is 8.70. The third-order valence-electron chi connectivity index (χ3n) is 1.90. The second-order valence-corrected chi connectivity index (χ2v) is 5.43. The maximum Gasteiger partial charge on any atom is 0.0246 e. The Labute approximate surface area is 84.9 Å². The molecule has 3 heteroatoms. The van der Waals surface area contributed by atoms with Crippen LogP contribution in [-0.4, -0.2) is 28.8 Å². The molecule has 0 aliphatic heterocycles. The molecule has 0 radical (unpaired) electrons. The Kier molecular flexibility index (Phi) is 8.77. The van der Waals surface area contributed by atoms with Gasteiger partial charge < -0.3 is 5.32 Å². The molecule has 13 heavy (non-hydrogen) atoms. The summed E-state index contributed by atoms with van der Waals surface area (Å²) in [5.41, 5.74) is 0. The molecule has 2 nitrogen and oxygen atoms in total. The summed E-state index contributed by atoms with van der Waals surface area (Å²) in [6, 6.07) is 0. The van der Waals surface area contributed by atoms with Crippen molar-refractivity contribution in [2.45, 2.75) is 33.6 Å². The zero-order valence-corrected chi connectivity index (χ0v) is 9.95. The summed E-state index contributed by atoms with van der Waals surface area (Å²) in [7, 11) is -0.584. The van der Waals surface area contributed by atoms with E-state index in [9.17, 15) is 4.21 Å². The average molecular weight is 205 g/mol. The van der Waals surface area contributed by atoms with Gasteiger partial charge in [0.1, 0.15) is 0 Å². The summed E-state index contributed by atoms with van der Waals surface area (Å²) in [5.74, 6) is 2.42. The summed E-state index contributed by atoms with van der Waals surface area (Å²) in [6.07, 6.45) is 2.13. The first-order chi connectivity index (χ1) is 6.16. The Morgan fingerprint density at radius 2 is 2.00 bits per heavy atom. The predicted molar refractivity (Wildman–Crippen MR) is 60.5 cm³/mol. The van der Waals surface area contributed by atoms with Crippen LogP contribution in [0.3, 0.4) is 0 Å². The largest absolute Gasteiger partial charge is 0.317 e. The SMILES string of the molecule is CCNCCCS(=O)CCC(C)C. The van der Waals surface area contributed by atoms with Gasteiger partial charge in [0, 0.05) is 22.3 Å². The molecule has 0 aromatic rings. The fraction of sp³-hybridized carbons (Fsp3) is 1.00. The molecule has 0 aliphatic carbocycles. The van der Waals surface area contributed by atoms with Crippen molar-refractivity contribution in [3.63, 3.8) is 0 Å². The van der Waals surface area contributed by atoms with Gasteiger partial charge in [0.15, 0.2) is 0 Å². The van der Waals surface area contributed by atoms with Crippen LogP contribution in [0.4, 0.5) is 0 Å². The monoisotopic (exact) mass is 205 g/mol. The van der Waals surface area contributed by atoms with Gasteiger partial charge in [-0.3, -0.25) is 4.21 Å². The van der Waals surface area contributed by atoms with Crippen LogP contribution >= 0.6 is 0 Å². The lowest BCUT2D eigenvalue weighted by Gasteiger charge is -2.04. The van der Waals surface area contributed by atoms with Crippen molar-refractivity contribution < 1.29 is 4.21 Å². The first kappa shape index (κ1) is 13.1. The molecule has 0 spiro atoms. The highest BCUT2D eigenvalue weighted by Crippen LogP contribution is 2.01. The van der Waals surface area contributed by atoms with Gasteiger partial charge in [-0.2, -0.15) is 0 Å². The van der Waals surface area contributed by atoms with E-state index in [4.69, 9.17) is 0 Å². The van der Waals surface area contributed by atoms with E-state index in [1.165, 1.54) is 0 Å². The summed E-state index contributed by atoms with van der Waals surface area (Å²) in [5, 5.41) is 3.23. The van der Waals surface area contributed by atoms with Crippen molar-refractivity contribution in [2.75, 3.05) is 24.6 Å². The van der Waals surface area contributed by atoms with Gasteiger partial charge in [0.05, 0.1) is 0 Å². The van der Waals surface area contributed by atoms with Crippen LogP contribution in [0.5, 0.6) is 0 Å². The highest BCUT2D eigenvalue weighted by atomic mass is 32.2. The number of nitrogens with one attached hydrogen (secondary N) is 1. The normalized spacial score (nSPS) is 13.5. The van der Waals surface area contributed by atoms with E-state index < -0.39 is 10.8 Å². The van der Waals surface area contributed by atoms with Crippen molar-refractivity contribution in [3.05, 3.63) is 0 Å². The van der Waals surface area contributed by atoms with Crippen LogP contribution in [-0.2, 0) is 10.8 Å². The van der Waals surface area contributed by atoms with E-state index in [-0.39, 0.29) is 0 Å². The number of hydrogen-bond donors (Lipinski definition) is 1. The van der Waals surface area contributed by atoms with Crippen molar-refractivity contribution in [3.8, 4) is 0 Å².